The Bertz CT molecular complexity index is 1090. The van der Waals surface area contributed by atoms with Gasteiger partial charge in [-0.25, -0.2) is 0 Å². The molecule has 0 saturated heterocycles. The average molecular weight is 450 g/mol. The first-order valence-electron chi connectivity index (χ1n) is 11.7. The number of likely N-dealkylation sites (N-methyl/N-ethyl adjacent to an activating group) is 1. The third-order valence-corrected chi connectivity index (χ3v) is 5.62. The van der Waals surface area contributed by atoms with Crippen molar-refractivity contribution in [3.05, 3.63) is 76.5 Å². The van der Waals surface area contributed by atoms with E-state index in [2.05, 4.69) is 66.6 Å². The van der Waals surface area contributed by atoms with Gasteiger partial charge in [0.2, 0.25) is 0 Å². The van der Waals surface area contributed by atoms with E-state index in [9.17, 15) is 0 Å². The maximum atomic E-state index is 6.02. The van der Waals surface area contributed by atoms with E-state index in [-0.39, 0.29) is 0 Å². The second-order valence-electron chi connectivity index (χ2n) is 7.84. The molecule has 4 rings (SSSR count). The summed E-state index contributed by atoms with van der Waals surface area (Å²) in [4.78, 5) is 6.03. The van der Waals surface area contributed by atoms with Crippen LogP contribution in [0, 0.1) is 0 Å². The normalized spacial score (nSPS) is 21.8. The van der Waals surface area contributed by atoms with Crippen molar-refractivity contribution >= 4 is 17.8 Å². The first kappa shape index (κ1) is 23.4. The zero-order chi connectivity index (χ0) is 22.7. The molecule has 1 unspecified atom stereocenters. The van der Waals surface area contributed by atoms with Gasteiger partial charge in [-0.05, 0) is 42.5 Å². The first-order chi connectivity index (χ1) is 16.3. The summed E-state index contributed by atoms with van der Waals surface area (Å²) < 4.78 is 22.6. The number of hydrogen-bond acceptors (Lipinski definition) is 5. The van der Waals surface area contributed by atoms with Crippen molar-refractivity contribution in [2.24, 2.45) is 4.99 Å². The molecule has 2 aromatic rings. The highest BCUT2D eigenvalue weighted by Gasteiger charge is 2.20. The highest BCUT2D eigenvalue weighted by molar-refractivity contribution is 5.65. The van der Waals surface area contributed by atoms with Crippen LogP contribution in [0.2, 0.25) is 0 Å². The zero-order valence-corrected chi connectivity index (χ0v) is 19.3. The molecule has 0 fully saturated rings. The molecule has 1 N–H and O–H groups in total. The Hall–Kier alpha value is -2.77. The highest BCUT2D eigenvalue weighted by Crippen LogP contribution is 2.18. The number of quaternary nitrogens is 1. The lowest BCUT2D eigenvalue weighted by Crippen LogP contribution is -3.05. The van der Waals surface area contributed by atoms with Crippen LogP contribution in [-0.2, 0) is 14.2 Å². The lowest BCUT2D eigenvalue weighted by Gasteiger charge is -2.22. The van der Waals surface area contributed by atoms with Gasteiger partial charge in [0.05, 0.1) is 58.1 Å². The summed E-state index contributed by atoms with van der Waals surface area (Å²) in [5.74, 6) is 0.765. The van der Waals surface area contributed by atoms with Gasteiger partial charge in [-0.2, -0.15) is 0 Å². The molecule has 33 heavy (non-hydrogen) atoms. The van der Waals surface area contributed by atoms with Crippen LogP contribution in [0.15, 0.2) is 65.3 Å². The maximum Gasteiger partial charge on any atom is 0.145 e. The van der Waals surface area contributed by atoms with Gasteiger partial charge in [0, 0.05) is 23.8 Å². The second-order valence-corrected chi connectivity index (χ2v) is 7.84. The fourth-order valence-corrected chi connectivity index (χ4v) is 3.95. The third-order valence-electron chi connectivity index (χ3n) is 5.62. The number of fused-ring (bicyclic) bond motifs is 2. The lowest BCUT2D eigenvalue weighted by molar-refractivity contribution is -0.785. The summed E-state index contributed by atoms with van der Waals surface area (Å²) in [5.41, 5.74) is 3.84. The Kier molecular flexibility index (Phi) is 8.83. The molecular weight excluding hydrogens is 416 g/mol. The summed E-state index contributed by atoms with van der Waals surface area (Å²) in [6.45, 7) is 7.57. The van der Waals surface area contributed by atoms with Crippen LogP contribution in [0.5, 0.6) is 5.75 Å². The van der Waals surface area contributed by atoms with Crippen molar-refractivity contribution in [3.8, 4) is 5.75 Å². The number of para-hydroxylation sites is 1. The Morgan fingerprint density at radius 2 is 1.61 bits per heavy atom. The van der Waals surface area contributed by atoms with Crippen LogP contribution in [0.1, 0.15) is 12.5 Å². The average Bonchev–Trinajstić information content (AvgIpc) is 2.86. The van der Waals surface area contributed by atoms with Crippen LogP contribution in [-0.4, -0.2) is 59.3 Å². The van der Waals surface area contributed by atoms with Crippen molar-refractivity contribution in [2.45, 2.75) is 6.92 Å². The standard InChI is InChI=1S/C27H32N2O4/c1-2-29-24(11-9-23-5-3-4-6-26(23)29)10-7-22-8-12-25-27(21-22)33-20-19-32-18-17-31-16-15-30-14-13-28-25/h3-12,21H,2,13-20H2,1H3/p+1. The van der Waals surface area contributed by atoms with E-state index in [1.54, 1.807) is 0 Å². The second kappa shape index (κ2) is 12.5. The molecule has 1 atom stereocenters. The van der Waals surface area contributed by atoms with E-state index in [0.717, 1.165) is 22.9 Å². The summed E-state index contributed by atoms with van der Waals surface area (Å²) >= 11 is 0. The van der Waals surface area contributed by atoms with Crippen LogP contribution in [0.25, 0.3) is 12.2 Å². The van der Waals surface area contributed by atoms with E-state index in [4.69, 9.17) is 18.9 Å². The molecule has 0 spiro atoms. The van der Waals surface area contributed by atoms with Gasteiger partial charge >= 0.3 is 0 Å². The topological polar surface area (TPSA) is 53.7 Å². The number of hydrogen-bond donors (Lipinski definition) is 1. The molecule has 0 bridgehead atoms. The van der Waals surface area contributed by atoms with Gasteiger partial charge in [-0.1, -0.05) is 18.2 Å². The monoisotopic (exact) mass is 449 g/mol. The number of rotatable bonds is 2. The molecule has 2 aromatic carbocycles. The molecule has 0 aromatic heterocycles. The van der Waals surface area contributed by atoms with E-state index < -0.39 is 0 Å². The SMILES string of the molecule is CC[NH+]1C(=CC=c2ccc3c(c2)OCCOCCOCCOCCN=3)C=Cc2ccccc21. The maximum absolute atomic E-state index is 6.02. The van der Waals surface area contributed by atoms with Gasteiger partial charge < -0.3 is 18.9 Å². The molecule has 174 valence electrons. The molecule has 2 aliphatic heterocycles. The van der Waals surface area contributed by atoms with Gasteiger partial charge in [-0.15, -0.1) is 0 Å². The van der Waals surface area contributed by atoms with Crippen LogP contribution in [0.3, 0.4) is 0 Å². The molecule has 6 nitrogen and oxygen atoms in total. The van der Waals surface area contributed by atoms with Crippen molar-refractivity contribution in [2.75, 3.05) is 59.3 Å². The van der Waals surface area contributed by atoms with Gasteiger partial charge in [0.1, 0.15) is 23.7 Å². The molecule has 0 saturated carbocycles. The van der Waals surface area contributed by atoms with Crippen molar-refractivity contribution < 1.29 is 23.8 Å². The number of allylic oxidation sites excluding steroid dienone is 2. The van der Waals surface area contributed by atoms with E-state index in [1.807, 2.05) is 12.1 Å². The molecular formula is C27H33N2O4+. The molecule has 0 radical (unpaired) electrons. The molecule has 2 heterocycles. The first-order valence-corrected chi connectivity index (χ1v) is 11.7. The largest absolute Gasteiger partial charge is 0.489 e. The smallest absolute Gasteiger partial charge is 0.145 e. The number of nitrogens with zero attached hydrogens (tertiary/aromatic N) is 1. The Morgan fingerprint density at radius 3 is 2.42 bits per heavy atom. The minimum absolute atomic E-state index is 0.469. The fourth-order valence-electron chi connectivity index (χ4n) is 3.95. The Balaban J connectivity index is 1.57. The Morgan fingerprint density at radius 1 is 0.848 bits per heavy atom. The highest BCUT2D eigenvalue weighted by atomic mass is 16.6. The summed E-state index contributed by atoms with van der Waals surface area (Å²) in [6, 6.07) is 14.7. The zero-order valence-electron chi connectivity index (χ0n) is 19.3. The summed E-state index contributed by atoms with van der Waals surface area (Å²) in [6.07, 6.45) is 8.72. The van der Waals surface area contributed by atoms with Crippen molar-refractivity contribution in [1.29, 1.82) is 0 Å². The van der Waals surface area contributed by atoms with E-state index >= 15 is 0 Å². The Labute approximate surface area is 195 Å². The van der Waals surface area contributed by atoms with Gasteiger partial charge in [0.25, 0.3) is 0 Å². The third kappa shape index (κ3) is 6.62. The molecule has 6 heteroatoms. The van der Waals surface area contributed by atoms with Gasteiger partial charge in [0.15, 0.2) is 0 Å². The minimum atomic E-state index is 0.469. The molecule has 0 amide bonds. The minimum Gasteiger partial charge on any atom is -0.489 e. The summed E-state index contributed by atoms with van der Waals surface area (Å²) in [7, 11) is 0. The van der Waals surface area contributed by atoms with Crippen LogP contribution < -0.4 is 20.2 Å². The van der Waals surface area contributed by atoms with Crippen LogP contribution in [0.4, 0.5) is 5.69 Å². The van der Waals surface area contributed by atoms with E-state index in [0.29, 0.717) is 52.8 Å². The predicted molar refractivity (Wildman–Crippen MR) is 129 cm³/mol. The number of ether oxygens (including phenoxy) is 4. The molecule has 0 aliphatic carbocycles. The number of benzene rings is 2. The van der Waals surface area contributed by atoms with Crippen LogP contribution >= 0.6 is 0 Å². The summed E-state index contributed by atoms with van der Waals surface area (Å²) in [5, 5.41) is 1.91. The molecule has 2 aliphatic rings. The number of nitrogens with one attached hydrogen (secondary N) is 1. The van der Waals surface area contributed by atoms with Gasteiger partial charge in [-0.3, -0.25) is 9.89 Å². The van der Waals surface area contributed by atoms with E-state index in [1.165, 1.54) is 21.8 Å². The van der Waals surface area contributed by atoms with Crippen molar-refractivity contribution in [1.82, 2.24) is 0 Å². The fraction of sp³-hybridized carbons (Fsp3) is 0.370. The predicted octanol–water partition coefficient (Wildman–Crippen LogP) is 1.68. The van der Waals surface area contributed by atoms with Crippen molar-refractivity contribution in [3.63, 3.8) is 0 Å². The quantitative estimate of drug-likeness (QED) is 0.758. The lowest BCUT2D eigenvalue weighted by atomic mass is 10.1.